The molecule has 5 N–H and O–H groups in total. The number of anilines is 1. The van der Waals surface area contributed by atoms with E-state index < -0.39 is 58.6 Å². The lowest BCUT2D eigenvalue weighted by atomic mass is 9.89. The number of carboxylic acid groups (broad SMARTS) is 1. The first kappa shape index (κ1) is 62.1. The van der Waals surface area contributed by atoms with Crippen LogP contribution in [0.1, 0.15) is 167 Å². The number of carboxylic acids is 1. The van der Waals surface area contributed by atoms with Gasteiger partial charge in [-0.05, 0) is 187 Å². The van der Waals surface area contributed by atoms with Crippen LogP contribution in [-0.4, -0.2) is 101 Å². The van der Waals surface area contributed by atoms with Crippen LogP contribution in [0.2, 0.25) is 10.0 Å². The van der Waals surface area contributed by atoms with Crippen molar-refractivity contribution in [1.82, 2.24) is 30.2 Å². The van der Waals surface area contributed by atoms with E-state index in [1.54, 1.807) is 32.9 Å². The molecule has 0 radical (unpaired) electrons. The van der Waals surface area contributed by atoms with Gasteiger partial charge in [0.25, 0.3) is 11.8 Å². The molecule has 19 nitrogen and oxygen atoms in total. The Balaban J connectivity index is 0.000000180. The zero-order valence-electron chi connectivity index (χ0n) is 46.5. The van der Waals surface area contributed by atoms with Gasteiger partial charge in [0.1, 0.15) is 26.4 Å². The lowest BCUT2D eigenvalue weighted by Gasteiger charge is -2.26. The van der Waals surface area contributed by atoms with Crippen LogP contribution >= 0.6 is 45.8 Å². The number of aromatic carboxylic acids is 1. The average Bonchev–Trinajstić information content (AvgIpc) is 3.93. The largest absolute Gasteiger partial charge is 0.478 e. The van der Waals surface area contributed by atoms with Gasteiger partial charge in [-0.15, -0.1) is 5.23 Å². The predicted molar refractivity (Wildman–Crippen MR) is 310 cm³/mol. The third-order valence-corrected chi connectivity index (χ3v) is 15.4. The second-order valence-electron chi connectivity index (χ2n) is 22.5. The van der Waals surface area contributed by atoms with Crippen LogP contribution in [0.4, 0.5) is 24.1 Å². The fraction of sp³-hybridized carbons (Fsp3) is 0.390. The van der Waals surface area contributed by atoms with E-state index in [9.17, 15) is 38.3 Å². The molecule has 2 unspecified atom stereocenters. The van der Waals surface area contributed by atoms with E-state index in [0.717, 1.165) is 82.8 Å². The van der Waals surface area contributed by atoms with Gasteiger partial charge in [-0.2, -0.15) is 19.6 Å². The van der Waals surface area contributed by atoms with Gasteiger partial charge in [-0.1, -0.05) is 47.5 Å². The molecule has 6 aromatic rings. The zero-order valence-corrected chi connectivity index (χ0v) is 50.1. The Bertz CT molecular complexity index is 3510. The molecule has 83 heavy (non-hydrogen) atoms. The molecule has 2 aromatic heterocycles. The molecule has 4 aromatic carbocycles. The number of halogens is 5. The Morgan fingerprint density at radius 1 is 0.663 bits per heavy atom. The van der Waals surface area contributed by atoms with E-state index in [1.165, 1.54) is 34.7 Å². The van der Waals surface area contributed by atoms with Gasteiger partial charge >= 0.3 is 24.1 Å². The molecule has 2 saturated carbocycles. The summed E-state index contributed by atoms with van der Waals surface area (Å²) in [4.78, 5) is 74.5. The number of carbonyl (C=O) groups excluding carboxylic acids is 5. The van der Waals surface area contributed by atoms with Crippen molar-refractivity contribution in [1.29, 1.82) is 0 Å². The Hall–Kier alpha value is -6.99. The number of ether oxygens (including phenoxy) is 3. The van der Waals surface area contributed by atoms with E-state index in [-0.39, 0.29) is 57.9 Å². The third-order valence-electron chi connectivity index (χ3n) is 13.9. The highest BCUT2D eigenvalue weighted by Gasteiger charge is 2.37. The van der Waals surface area contributed by atoms with E-state index in [0.29, 0.717) is 57.6 Å². The van der Waals surface area contributed by atoms with Crippen LogP contribution in [-0.2, 0) is 39.9 Å². The smallest absolute Gasteiger partial charge is 0.407 e. The van der Waals surface area contributed by atoms with Gasteiger partial charge < -0.3 is 30.0 Å². The fourth-order valence-corrected chi connectivity index (χ4v) is 11.2. The summed E-state index contributed by atoms with van der Waals surface area (Å²) in [6.07, 6.45) is 6.35. The van der Waals surface area contributed by atoms with Crippen LogP contribution in [0, 0.1) is 15.3 Å². The standard InChI is InChI=1S/C29H29ClFN3O5.C22H25ClIN3O3.C8H8FNO4/c1-29(2,3)39-28(38)32-17-10-12-20-23(14-17)34(26(35)24-18(15-7-8-15)5-4-6-21(24)30)33-25(20)19-11-9-16(27(36)37)13-22(19)31;1-22(2,3)30-21(29)25-13-9-10-15-17(11-13)27(26-19(15)24)20(28)18-14(12-7-8-12)5-4-6-16(18)23;1-14-8(11)5-2-3-7(10(12)13)6(9)4-5/h4-6,9,11,13,15,17H,7-8,10,12,14H2,1-3H3,(H,32,38)(H,36,37);4-6,12-13H,7-11H2,1-3H3,(H,25,29);2-4,12-13H,1H3. The molecule has 24 heteroatoms. The molecule has 10 rings (SSSR count). The van der Waals surface area contributed by atoms with Crippen LogP contribution in [0.3, 0.4) is 0 Å². The summed E-state index contributed by atoms with van der Waals surface area (Å²) in [7, 11) is 1.17. The van der Waals surface area contributed by atoms with Crippen LogP contribution in [0.5, 0.6) is 0 Å². The SMILES string of the molecule is CC(C)(C)OC(=O)NC1CCc2c(-c3ccc(C(=O)O)cc3F)nn(C(=O)c3c(Cl)cccc3C3CC3)c2C1.CC(C)(C)OC(=O)NC1CCc2c(I)nn(C(=O)c3c(Cl)cccc3C3CC3)c2C1.COC(=O)c1ccc(N(O)O)c(F)c1. The number of hydrogen-bond acceptors (Lipinski definition) is 14. The van der Waals surface area contributed by atoms with Crippen molar-refractivity contribution in [2.24, 2.45) is 0 Å². The first-order chi connectivity index (χ1) is 39.1. The number of benzene rings is 4. The maximum absolute atomic E-state index is 15.2. The summed E-state index contributed by atoms with van der Waals surface area (Å²) in [6.45, 7) is 10.8. The maximum Gasteiger partial charge on any atom is 0.407 e. The minimum absolute atomic E-state index is 0.00407. The fourth-order valence-electron chi connectivity index (χ4n) is 9.89. The highest BCUT2D eigenvalue weighted by atomic mass is 127. The molecular formula is C59H62Cl2F2IN7O12. The number of alkyl carbamates (subject to hydrolysis) is 2. The molecule has 2 atom stereocenters. The topological polar surface area (TPSA) is 254 Å². The van der Waals surface area contributed by atoms with Gasteiger partial charge in [0, 0.05) is 41.6 Å². The van der Waals surface area contributed by atoms with Crippen molar-refractivity contribution in [3.63, 3.8) is 0 Å². The number of rotatable bonds is 10. The Kier molecular flexibility index (Phi) is 19.0. The number of aromatic nitrogens is 4. The molecule has 2 amide bonds. The second-order valence-corrected chi connectivity index (χ2v) is 24.3. The van der Waals surface area contributed by atoms with Crippen molar-refractivity contribution < 1.29 is 67.3 Å². The maximum atomic E-state index is 15.2. The highest BCUT2D eigenvalue weighted by molar-refractivity contribution is 14.1. The lowest BCUT2D eigenvalue weighted by Crippen LogP contribution is -2.42. The monoisotopic (exact) mass is 1300 g/mol. The van der Waals surface area contributed by atoms with E-state index in [2.05, 4.69) is 48.2 Å². The van der Waals surface area contributed by atoms with Gasteiger partial charge in [0.15, 0.2) is 5.82 Å². The van der Waals surface area contributed by atoms with E-state index in [1.807, 2.05) is 45.0 Å². The minimum atomic E-state index is -1.24. The number of fused-ring (bicyclic) bond motifs is 2. The molecular weight excluding hydrogens is 1230 g/mol. The summed E-state index contributed by atoms with van der Waals surface area (Å²) < 4.78 is 46.9. The van der Waals surface area contributed by atoms with E-state index in [4.69, 9.17) is 43.1 Å². The molecule has 0 bridgehead atoms. The summed E-state index contributed by atoms with van der Waals surface area (Å²) in [5, 5.41) is 41.7. The summed E-state index contributed by atoms with van der Waals surface area (Å²) in [5.41, 5.74) is 4.42. The molecule has 0 saturated heterocycles. The average molecular weight is 1300 g/mol. The van der Waals surface area contributed by atoms with Crippen molar-refractivity contribution in [2.45, 2.75) is 141 Å². The quantitative estimate of drug-likeness (QED) is 0.0370. The number of esters is 1. The Morgan fingerprint density at radius 2 is 1.13 bits per heavy atom. The minimum Gasteiger partial charge on any atom is -0.478 e. The molecule has 0 aliphatic heterocycles. The third kappa shape index (κ3) is 15.0. The molecule has 4 aliphatic rings. The van der Waals surface area contributed by atoms with Crippen molar-refractivity contribution in [3.8, 4) is 11.3 Å². The number of hydrogen-bond donors (Lipinski definition) is 5. The van der Waals surface area contributed by atoms with E-state index >= 15 is 4.39 Å². The summed E-state index contributed by atoms with van der Waals surface area (Å²) in [6, 6.07) is 17.3. The number of methoxy groups -OCH3 is 1. The molecule has 2 fully saturated rings. The summed E-state index contributed by atoms with van der Waals surface area (Å²) >= 11 is 15.2. The number of amides is 2. The van der Waals surface area contributed by atoms with Crippen molar-refractivity contribution in [3.05, 3.63) is 154 Å². The van der Waals surface area contributed by atoms with Crippen LogP contribution in [0.15, 0.2) is 72.8 Å². The lowest BCUT2D eigenvalue weighted by molar-refractivity contribution is 0.0270. The highest BCUT2D eigenvalue weighted by Crippen LogP contribution is 2.45. The van der Waals surface area contributed by atoms with Gasteiger partial charge in [0.2, 0.25) is 0 Å². The van der Waals surface area contributed by atoms with Crippen LogP contribution < -0.4 is 15.9 Å². The first-order valence-electron chi connectivity index (χ1n) is 26.7. The van der Waals surface area contributed by atoms with Crippen molar-refractivity contribution in [2.75, 3.05) is 12.3 Å². The molecule has 2 heterocycles. The molecule has 440 valence electrons. The molecule has 0 spiro atoms. The normalized spacial score (nSPS) is 16.3. The first-order valence-corrected chi connectivity index (χ1v) is 28.6. The number of nitrogens with zero attached hydrogens (tertiary/aromatic N) is 5. The number of carbonyl (C=O) groups is 6. The van der Waals surface area contributed by atoms with Gasteiger partial charge in [-0.3, -0.25) is 20.0 Å². The zero-order chi connectivity index (χ0) is 60.4. The predicted octanol–water partition coefficient (Wildman–Crippen LogP) is 12.3. The summed E-state index contributed by atoms with van der Waals surface area (Å²) in [5.74, 6) is -3.60. The van der Waals surface area contributed by atoms with Crippen LogP contribution in [0.25, 0.3) is 11.3 Å². The molecule has 4 aliphatic carbocycles. The number of nitrogens with one attached hydrogen (secondary N) is 2. The van der Waals surface area contributed by atoms with Gasteiger partial charge in [0.05, 0.1) is 56.5 Å². The Morgan fingerprint density at radius 3 is 1.58 bits per heavy atom. The second kappa shape index (κ2) is 25.5. The van der Waals surface area contributed by atoms with Crippen molar-refractivity contribution >= 4 is 87.4 Å². The van der Waals surface area contributed by atoms with Gasteiger partial charge in [-0.25, -0.2) is 28.0 Å². The Labute approximate surface area is 500 Å².